The molecule has 2 fully saturated rings. The summed E-state index contributed by atoms with van der Waals surface area (Å²) in [5.41, 5.74) is 7.53. The SMILES string of the molecule is CC(N)/N=C(\[OH2+])c1cc2ccccc2nc1N1CCC(NC2CCOCC2)CC1. The molecule has 2 aliphatic rings. The maximum atomic E-state index is 8.47. The maximum absolute atomic E-state index is 8.47. The quantitative estimate of drug-likeness (QED) is 0.454. The van der Waals surface area contributed by atoms with Gasteiger partial charge in [0.1, 0.15) is 17.5 Å². The Labute approximate surface area is 172 Å². The second kappa shape index (κ2) is 9.07. The van der Waals surface area contributed by atoms with Gasteiger partial charge in [0.05, 0.1) is 5.52 Å². The Kier molecular flexibility index (Phi) is 6.28. The van der Waals surface area contributed by atoms with Crippen molar-refractivity contribution in [1.82, 2.24) is 10.3 Å². The molecule has 3 heterocycles. The Bertz CT molecular complexity index is 855. The summed E-state index contributed by atoms with van der Waals surface area (Å²) in [4.78, 5) is 11.5. The number of piperidine rings is 1. The molecule has 29 heavy (non-hydrogen) atoms. The van der Waals surface area contributed by atoms with Gasteiger partial charge in [0.25, 0.3) is 0 Å². The molecule has 5 N–H and O–H groups in total. The lowest BCUT2D eigenvalue weighted by atomic mass is 10.0. The average Bonchev–Trinajstić information content (AvgIpc) is 2.73. The number of rotatable bonds is 5. The summed E-state index contributed by atoms with van der Waals surface area (Å²) in [6.45, 7) is 5.36. The molecule has 0 amide bonds. The monoisotopic (exact) mass is 398 g/mol. The van der Waals surface area contributed by atoms with Crippen LogP contribution in [0.25, 0.3) is 10.9 Å². The number of para-hydroxylation sites is 1. The predicted molar refractivity (Wildman–Crippen MR) is 118 cm³/mol. The number of nitrogens with one attached hydrogen (secondary N) is 1. The van der Waals surface area contributed by atoms with E-state index < -0.39 is 6.17 Å². The smallest absolute Gasteiger partial charge is 0.365 e. The summed E-state index contributed by atoms with van der Waals surface area (Å²) >= 11 is 0. The zero-order chi connectivity index (χ0) is 20.2. The third-order valence-corrected chi connectivity index (χ3v) is 5.78. The highest BCUT2D eigenvalue weighted by Crippen LogP contribution is 2.27. The first kappa shape index (κ1) is 20.1. The Morgan fingerprint density at radius 2 is 1.90 bits per heavy atom. The Morgan fingerprint density at radius 3 is 2.62 bits per heavy atom. The van der Waals surface area contributed by atoms with Crippen molar-refractivity contribution in [2.24, 2.45) is 10.7 Å². The molecule has 7 heteroatoms. The van der Waals surface area contributed by atoms with E-state index in [0.29, 0.717) is 12.1 Å². The minimum atomic E-state index is -0.406. The number of anilines is 1. The van der Waals surface area contributed by atoms with Crippen LogP contribution in [0.15, 0.2) is 35.3 Å². The van der Waals surface area contributed by atoms with Crippen LogP contribution in [0.5, 0.6) is 0 Å². The van der Waals surface area contributed by atoms with Crippen LogP contribution in [-0.4, -0.2) is 60.5 Å². The highest BCUT2D eigenvalue weighted by molar-refractivity contribution is 6.01. The molecule has 4 rings (SSSR count). The molecule has 7 nitrogen and oxygen atoms in total. The molecule has 1 aromatic carbocycles. The highest BCUT2D eigenvalue weighted by atomic mass is 16.5. The molecule has 1 aromatic heterocycles. The summed E-state index contributed by atoms with van der Waals surface area (Å²) in [5, 5.41) is 13.3. The molecule has 1 atom stereocenters. The van der Waals surface area contributed by atoms with Crippen LogP contribution < -0.4 is 16.0 Å². The van der Waals surface area contributed by atoms with Gasteiger partial charge in [-0.05, 0) is 44.7 Å². The van der Waals surface area contributed by atoms with Gasteiger partial charge in [0, 0.05) is 43.8 Å². The summed E-state index contributed by atoms with van der Waals surface area (Å²) in [6, 6.07) is 11.2. The standard InChI is InChI=1S/C22H31N5O2/c1-15(23)24-22(28)19-14-16-4-2-3-5-20(16)26-21(19)27-10-6-17(7-11-27)25-18-8-12-29-13-9-18/h2-5,14-15,17-18,25H,6-13,23H2,1H3,(H,24,28)/p+1. The number of ether oxygens (including phenoxy) is 1. The maximum Gasteiger partial charge on any atom is 0.365 e. The van der Waals surface area contributed by atoms with Crippen molar-refractivity contribution in [3.8, 4) is 0 Å². The second-order valence-electron chi connectivity index (χ2n) is 8.09. The fourth-order valence-electron chi connectivity index (χ4n) is 4.25. The summed E-state index contributed by atoms with van der Waals surface area (Å²) in [6.07, 6.45) is 3.95. The Hall–Kier alpha value is -2.22. The van der Waals surface area contributed by atoms with Crippen molar-refractivity contribution in [3.63, 3.8) is 0 Å². The predicted octanol–water partition coefficient (Wildman–Crippen LogP) is 1.75. The van der Waals surface area contributed by atoms with Crippen LogP contribution in [-0.2, 0) is 4.74 Å². The van der Waals surface area contributed by atoms with E-state index in [1.807, 2.05) is 30.3 Å². The van der Waals surface area contributed by atoms with Gasteiger partial charge in [-0.1, -0.05) is 18.2 Å². The van der Waals surface area contributed by atoms with Crippen molar-refractivity contribution >= 4 is 22.6 Å². The fourth-order valence-corrected chi connectivity index (χ4v) is 4.25. The number of pyridine rings is 1. The zero-order valence-corrected chi connectivity index (χ0v) is 17.1. The van der Waals surface area contributed by atoms with Crippen molar-refractivity contribution in [1.29, 1.82) is 0 Å². The number of aliphatic imine (C=N–C) groups is 1. The normalized spacial score (nSPS) is 20.9. The topological polar surface area (TPSA) is 98.7 Å². The average molecular weight is 399 g/mol. The molecular formula is C22H32N5O2+. The van der Waals surface area contributed by atoms with Gasteiger partial charge in [-0.25, -0.2) is 4.98 Å². The van der Waals surface area contributed by atoms with E-state index in [2.05, 4.69) is 15.2 Å². The van der Waals surface area contributed by atoms with Crippen LogP contribution in [0.4, 0.5) is 5.82 Å². The Balaban J connectivity index is 1.53. The lowest BCUT2D eigenvalue weighted by Crippen LogP contribution is -2.48. The second-order valence-corrected chi connectivity index (χ2v) is 8.09. The van der Waals surface area contributed by atoms with Gasteiger partial charge in [-0.2, -0.15) is 4.99 Å². The molecule has 2 saturated heterocycles. The number of hydrogen-bond donors (Lipinski definition) is 2. The molecule has 0 spiro atoms. The van der Waals surface area contributed by atoms with Gasteiger partial charge >= 0.3 is 5.90 Å². The number of aromatic nitrogens is 1. The van der Waals surface area contributed by atoms with E-state index in [9.17, 15) is 0 Å². The molecular weight excluding hydrogens is 366 g/mol. The Morgan fingerprint density at radius 1 is 1.21 bits per heavy atom. The number of nitrogens with zero attached hydrogens (tertiary/aromatic N) is 3. The summed E-state index contributed by atoms with van der Waals surface area (Å²) < 4.78 is 5.47. The van der Waals surface area contributed by atoms with Crippen LogP contribution in [0, 0.1) is 0 Å². The molecule has 0 aliphatic carbocycles. The fraction of sp³-hybridized carbons (Fsp3) is 0.545. The van der Waals surface area contributed by atoms with E-state index in [-0.39, 0.29) is 5.90 Å². The van der Waals surface area contributed by atoms with E-state index in [4.69, 9.17) is 20.6 Å². The largest absolute Gasteiger partial charge is 0.578 e. The lowest BCUT2D eigenvalue weighted by molar-refractivity contribution is 0.0738. The van der Waals surface area contributed by atoms with Gasteiger partial charge in [0.15, 0.2) is 0 Å². The summed E-state index contributed by atoms with van der Waals surface area (Å²) in [7, 11) is 0. The van der Waals surface area contributed by atoms with Gasteiger partial charge in [-0.3, -0.25) is 0 Å². The lowest BCUT2D eigenvalue weighted by Gasteiger charge is -2.36. The minimum absolute atomic E-state index is 0.204. The number of fused-ring (bicyclic) bond motifs is 1. The first-order chi connectivity index (χ1) is 14.1. The first-order valence-electron chi connectivity index (χ1n) is 10.6. The van der Waals surface area contributed by atoms with Crippen molar-refractivity contribution in [3.05, 3.63) is 35.9 Å². The third-order valence-electron chi connectivity index (χ3n) is 5.78. The van der Waals surface area contributed by atoms with Crippen LogP contribution >= 0.6 is 0 Å². The zero-order valence-electron chi connectivity index (χ0n) is 17.1. The molecule has 0 bridgehead atoms. The van der Waals surface area contributed by atoms with Crippen molar-refractivity contribution in [2.45, 2.75) is 50.9 Å². The molecule has 2 aliphatic heterocycles. The molecule has 2 aromatic rings. The molecule has 0 saturated carbocycles. The van der Waals surface area contributed by atoms with Crippen molar-refractivity contribution < 1.29 is 9.84 Å². The van der Waals surface area contributed by atoms with E-state index in [1.54, 1.807) is 6.92 Å². The van der Waals surface area contributed by atoms with Gasteiger partial charge in [-0.15, -0.1) is 0 Å². The molecule has 0 radical (unpaired) electrons. The highest BCUT2D eigenvalue weighted by Gasteiger charge is 2.27. The van der Waals surface area contributed by atoms with Crippen LogP contribution in [0.2, 0.25) is 0 Å². The molecule has 156 valence electrons. The van der Waals surface area contributed by atoms with Crippen LogP contribution in [0.1, 0.15) is 38.2 Å². The number of nitrogens with two attached hydrogens (primary N) is 1. The third kappa shape index (κ3) is 4.86. The summed E-state index contributed by atoms with van der Waals surface area (Å²) in [5.74, 6) is 1.05. The minimum Gasteiger partial charge on any atom is -0.578 e. The first-order valence-corrected chi connectivity index (χ1v) is 10.6. The van der Waals surface area contributed by atoms with E-state index in [0.717, 1.165) is 74.3 Å². The van der Waals surface area contributed by atoms with E-state index in [1.165, 1.54) is 0 Å². The number of benzene rings is 1. The van der Waals surface area contributed by atoms with Gasteiger partial charge in [0.2, 0.25) is 0 Å². The number of hydrogen-bond acceptors (Lipinski definition) is 6. The molecule has 1 unspecified atom stereocenters. The van der Waals surface area contributed by atoms with E-state index >= 15 is 0 Å². The van der Waals surface area contributed by atoms with Gasteiger partial charge < -0.3 is 25.8 Å². The van der Waals surface area contributed by atoms with Crippen LogP contribution in [0.3, 0.4) is 0 Å². The van der Waals surface area contributed by atoms with Crippen molar-refractivity contribution in [2.75, 3.05) is 31.2 Å².